The van der Waals surface area contributed by atoms with Crippen molar-refractivity contribution < 1.29 is 4.74 Å². The van der Waals surface area contributed by atoms with Crippen LogP contribution in [0.25, 0.3) is 0 Å². The molecule has 0 aromatic heterocycles. The second-order valence-electron chi connectivity index (χ2n) is 4.58. The molecule has 0 saturated heterocycles. The Balaban J connectivity index is 2.70. The van der Waals surface area contributed by atoms with Crippen molar-refractivity contribution in [2.75, 3.05) is 25.4 Å². The van der Waals surface area contributed by atoms with Crippen molar-refractivity contribution >= 4 is 5.69 Å². The molecule has 1 aromatic rings. The van der Waals surface area contributed by atoms with Crippen molar-refractivity contribution in [2.24, 2.45) is 0 Å². The normalized spacial score (nSPS) is 12.7. The molecule has 1 atom stereocenters. The summed E-state index contributed by atoms with van der Waals surface area (Å²) in [6.07, 6.45) is 1.03. The smallest absolute Gasteiger partial charge is 0.142 e. The molecule has 0 radical (unpaired) electrons. The third-order valence-corrected chi connectivity index (χ3v) is 3.34. The predicted octanol–water partition coefficient (Wildman–Crippen LogP) is 2.94. The van der Waals surface area contributed by atoms with E-state index >= 15 is 0 Å². The summed E-state index contributed by atoms with van der Waals surface area (Å²) in [5.74, 6) is 0.789. The Hall–Kier alpha value is -1.22. The quantitative estimate of drug-likeness (QED) is 0.756. The van der Waals surface area contributed by atoms with Crippen molar-refractivity contribution in [2.45, 2.75) is 40.2 Å². The highest BCUT2D eigenvalue weighted by Gasteiger charge is 2.11. The van der Waals surface area contributed by atoms with Crippen LogP contribution in [0.4, 0.5) is 5.69 Å². The number of nitrogens with two attached hydrogens (primary N) is 1. The number of rotatable bonds is 7. The van der Waals surface area contributed by atoms with Gasteiger partial charge >= 0.3 is 0 Å². The molecule has 2 N–H and O–H groups in total. The monoisotopic (exact) mass is 250 g/mol. The van der Waals surface area contributed by atoms with Gasteiger partial charge < -0.3 is 15.4 Å². The zero-order valence-electron chi connectivity index (χ0n) is 12.1. The number of nitrogens with zero attached hydrogens (tertiary/aromatic N) is 1. The maximum absolute atomic E-state index is 5.99. The molecule has 0 saturated carbocycles. The molecule has 0 bridgehead atoms. The molecule has 1 unspecified atom stereocenters. The summed E-state index contributed by atoms with van der Waals surface area (Å²) in [6.45, 7) is 11.5. The van der Waals surface area contributed by atoms with E-state index in [2.05, 4.69) is 31.7 Å². The van der Waals surface area contributed by atoms with E-state index in [1.807, 2.05) is 19.1 Å². The first kappa shape index (κ1) is 14.8. The lowest BCUT2D eigenvalue weighted by Crippen LogP contribution is -2.34. The SMILES string of the molecule is CCOc1ccc(CC(C)N(CC)CC)cc1N. The van der Waals surface area contributed by atoms with Crippen LogP contribution in [0.5, 0.6) is 5.75 Å². The molecule has 0 aliphatic heterocycles. The van der Waals surface area contributed by atoms with E-state index in [4.69, 9.17) is 10.5 Å². The number of ether oxygens (including phenoxy) is 1. The molecule has 3 heteroatoms. The highest BCUT2D eigenvalue weighted by atomic mass is 16.5. The van der Waals surface area contributed by atoms with E-state index in [0.29, 0.717) is 12.6 Å². The Morgan fingerprint density at radius 2 is 1.89 bits per heavy atom. The lowest BCUT2D eigenvalue weighted by Gasteiger charge is -2.26. The second-order valence-corrected chi connectivity index (χ2v) is 4.58. The molecule has 0 amide bonds. The zero-order chi connectivity index (χ0) is 13.5. The Labute approximate surface area is 111 Å². The largest absolute Gasteiger partial charge is 0.492 e. The predicted molar refractivity (Wildman–Crippen MR) is 78.1 cm³/mol. The van der Waals surface area contributed by atoms with E-state index in [1.54, 1.807) is 0 Å². The van der Waals surface area contributed by atoms with E-state index in [9.17, 15) is 0 Å². The first-order valence-electron chi connectivity index (χ1n) is 6.87. The van der Waals surface area contributed by atoms with Crippen molar-refractivity contribution in [3.63, 3.8) is 0 Å². The van der Waals surface area contributed by atoms with Crippen LogP contribution in [-0.4, -0.2) is 30.6 Å². The Morgan fingerprint density at radius 1 is 1.22 bits per heavy atom. The number of likely N-dealkylation sites (N-methyl/N-ethyl adjacent to an activating group) is 1. The van der Waals surface area contributed by atoms with Crippen LogP contribution < -0.4 is 10.5 Å². The first-order chi connectivity index (χ1) is 8.62. The van der Waals surface area contributed by atoms with Gasteiger partial charge in [0.25, 0.3) is 0 Å². The molecular formula is C15H26N2O. The molecule has 1 rings (SSSR count). The third-order valence-electron chi connectivity index (χ3n) is 3.34. The summed E-state index contributed by atoms with van der Waals surface area (Å²) < 4.78 is 5.45. The number of hydrogen-bond donors (Lipinski definition) is 1. The van der Waals surface area contributed by atoms with Gasteiger partial charge in [0.15, 0.2) is 0 Å². The number of hydrogen-bond acceptors (Lipinski definition) is 3. The summed E-state index contributed by atoms with van der Waals surface area (Å²) in [5.41, 5.74) is 8.00. The highest BCUT2D eigenvalue weighted by Crippen LogP contribution is 2.23. The average molecular weight is 250 g/mol. The van der Waals surface area contributed by atoms with Gasteiger partial charge in [0.1, 0.15) is 5.75 Å². The fourth-order valence-electron chi connectivity index (χ4n) is 2.33. The molecule has 0 spiro atoms. The first-order valence-corrected chi connectivity index (χ1v) is 6.87. The molecule has 0 aliphatic carbocycles. The van der Waals surface area contributed by atoms with Crippen molar-refractivity contribution in [1.29, 1.82) is 0 Å². The summed E-state index contributed by atoms with van der Waals surface area (Å²) in [5, 5.41) is 0. The van der Waals surface area contributed by atoms with Crippen LogP contribution in [-0.2, 0) is 6.42 Å². The minimum Gasteiger partial charge on any atom is -0.492 e. The zero-order valence-corrected chi connectivity index (χ0v) is 12.1. The molecule has 3 nitrogen and oxygen atoms in total. The molecule has 102 valence electrons. The Bertz CT molecular complexity index is 362. The highest BCUT2D eigenvalue weighted by molar-refractivity contribution is 5.54. The summed E-state index contributed by atoms with van der Waals surface area (Å²) in [7, 11) is 0. The summed E-state index contributed by atoms with van der Waals surface area (Å²) in [6, 6.07) is 6.66. The number of benzene rings is 1. The maximum Gasteiger partial charge on any atom is 0.142 e. The molecule has 0 aliphatic rings. The molecule has 18 heavy (non-hydrogen) atoms. The number of anilines is 1. The van der Waals surface area contributed by atoms with Gasteiger partial charge in [-0.25, -0.2) is 0 Å². The van der Waals surface area contributed by atoms with Crippen LogP contribution in [0.3, 0.4) is 0 Å². The Morgan fingerprint density at radius 3 is 2.39 bits per heavy atom. The standard InChI is InChI=1S/C15H26N2O/c1-5-17(6-2)12(4)10-13-8-9-15(18-7-3)14(16)11-13/h8-9,11-12H,5-7,10,16H2,1-4H3. The average Bonchev–Trinajstić information content (AvgIpc) is 2.34. The van der Waals surface area contributed by atoms with Gasteiger partial charge in [-0.3, -0.25) is 0 Å². The minimum atomic E-state index is 0.539. The van der Waals surface area contributed by atoms with Crippen molar-refractivity contribution in [3.8, 4) is 5.75 Å². The third kappa shape index (κ3) is 3.91. The van der Waals surface area contributed by atoms with E-state index in [0.717, 1.165) is 30.9 Å². The van der Waals surface area contributed by atoms with E-state index in [1.165, 1.54) is 5.56 Å². The van der Waals surface area contributed by atoms with Crippen LogP contribution in [0.15, 0.2) is 18.2 Å². The van der Waals surface area contributed by atoms with Gasteiger partial charge in [-0.1, -0.05) is 19.9 Å². The van der Waals surface area contributed by atoms with Gasteiger partial charge in [0.2, 0.25) is 0 Å². The van der Waals surface area contributed by atoms with Gasteiger partial charge in [0.05, 0.1) is 12.3 Å². The van der Waals surface area contributed by atoms with Gasteiger partial charge in [-0.15, -0.1) is 0 Å². The molecule has 1 aromatic carbocycles. The van der Waals surface area contributed by atoms with Crippen LogP contribution in [0, 0.1) is 0 Å². The lowest BCUT2D eigenvalue weighted by atomic mass is 10.0. The van der Waals surface area contributed by atoms with Gasteiger partial charge in [0, 0.05) is 6.04 Å². The van der Waals surface area contributed by atoms with Crippen LogP contribution >= 0.6 is 0 Å². The number of nitrogen functional groups attached to an aromatic ring is 1. The summed E-state index contributed by atoms with van der Waals surface area (Å²) >= 11 is 0. The molecular weight excluding hydrogens is 224 g/mol. The maximum atomic E-state index is 5.99. The van der Waals surface area contributed by atoms with Crippen molar-refractivity contribution in [1.82, 2.24) is 4.90 Å². The van der Waals surface area contributed by atoms with Gasteiger partial charge in [-0.05, 0) is 51.1 Å². The molecule has 0 fully saturated rings. The van der Waals surface area contributed by atoms with Gasteiger partial charge in [-0.2, -0.15) is 0 Å². The minimum absolute atomic E-state index is 0.539. The topological polar surface area (TPSA) is 38.5 Å². The lowest BCUT2D eigenvalue weighted by molar-refractivity contribution is 0.230. The summed E-state index contributed by atoms with van der Waals surface area (Å²) in [4.78, 5) is 2.45. The van der Waals surface area contributed by atoms with E-state index in [-0.39, 0.29) is 0 Å². The fourth-order valence-corrected chi connectivity index (χ4v) is 2.33. The van der Waals surface area contributed by atoms with Crippen LogP contribution in [0.2, 0.25) is 0 Å². The fraction of sp³-hybridized carbons (Fsp3) is 0.600. The van der Waals surface area contributed by atoms with Crippen LogP contribution in [0.1, 0.15) is 33.3 Å². The van der Waals surface area contributed by atoms with E-state index < -0.39 is 0 Å². The Kier molecular flexibility index (Phi) is 5.99. The van der Waals surface area contributed by atoms with Crippen molar-refractivity contribution in [3.05, 3.63) is 23.8 Å². The molecule has 0 heterocycles. The second kappa shape index (κ2) is 7.27.